The van der Waals surface area contributed by atoms with Gasteiger partial charge in [0.15, 0.2) is 5.69 Å². The van der Waals surface area contributed by atoms with Gasteiger partial charge in [-0.05, 0) is 31.5 Å². The summed E-state index contributed by atoms with van der Waals surface area (Å²) in [7, 11) is 0. The number of aliphatic hydroxyl groups excluding tert-OH is 1. The number of imidazole rings is 1. The van der Waals surface area contributed by atoms with Crippen molar-refractivity contribution in [3.05, 3.63) is 41.5 Å². The normalized spacial score (nSPS) is 12.2. The number of nitrogens with zero attached hydrogens (tertiary/aromatic N) is 2. The third-order valence-electron chi connectivity index (χ3n) is 3.04. The summed E-state index contributed by atoms with van der Waals surface area (Å²) < 4.78 is 53.6. The van der Waals surface area contributed by atoms with Crippen molar-refractivity contribution in [2.75, 3.05) is 0 Å². The van der Waals surface area contributed by atoms with Crippen LogP contribution in [0.25, 0.3) is 11.4 Å². The molecule has 0 aliphatic rings. The van der Waals surface area contributed by atoms with E-state index in [4.69, 9.17) is 5.11 Å². The van der Waals surface area contributed by atoms with Crippen LogP contribution in [-0.2, 0) is 12.8 Å². The molecule has 0 saturated heterocycles. The van der Waals surface area contributed by atoms with E-state index in [0.717, 1.165) is 12.3 Å². The van der Waals surface area contributed by atoms with Crippen molar-refractivity contribution in [2.45, 2.75) is 32.7 Å². The molecular formula is C14H14F4N2O. The highest BCUT2D eigenvalue weighted by Gasteiger charge is 2.35. The molecule has 1 aromatic heterocycles. The number of rotatable bonds is 3. The quantitative estimate of drug-likeness (QED) is 0.876. The molecule has 0 atom stereocenters. The van der Waals surface area contributed by atoms with Crippen molar-refractivity contribution in [1.29, 1.82) is 0 Å². The smallest absolute Gasteiger partial charge is 0.392 e. The summed E-state index contributed by atoms with van der Waals surface area (Å²) in [5.74, 6) is -0.804. The summed E-state index contributed by atoms with van der Waals surface area (Å²) in [6.45, 7) is 3.03. The molecule has 1 heterocycles. The van der Waals surface area contributed by atoms with E-state index in [1.165, 1.54) is 16.7 Å². The third kappa shape index (κ3) is 3.07. The van der Waals surface area contributed by atoms with E-state index in [1.807, 2.05) is 0 Å². The first kappa shape index (κ1) is 15.5. The van der Waals surface area contributed by atoms with Gasteiger partial charge in [-0.15, -0.1) is 0 Å². The molecule has 7 heteroatoms. The zero-order valence-corrected chi connectivity index (χ0v) is 11.4. The summed E-state index contributed by atoms with van der Waals surface area (Å²) in [5.41, 5.74) is -0.747. The molecular weight excluding hydrogens is 288 g/mol. The molecule has 2 aromatic rings. The monoisotopic (exact) mass is 302 g/mol. The Labute approximate surface area is 118 Å². The average Bonchev–Trinajstić information content (AvgIpc) is 2.83. The van der Waals surface area contributed by atoms with Gasteiger partial charge in [-0.3, -0.25) is 0 Å². The standard InChI is InChI=1S/C14H14F4N2O/c1-8(2)20-6-12(14(16,17)18)19-13(20)10-4-3-9(7-21)5-11(10)15/h3-6,8,21H,7H2,1-2H3. The number of benzene rings is 1. The Bertz CT molecular complexity index is 647. The summed E-state index contributed by atoms with van der Waals surface area (Å²) in [5, 5.41) is 8.94. The highest BCUT2D eigenvalue weighted by atomic mass is 19.4. The Morgan fingerprint density at radius 2 is 1.95 bits per heavy atom. The average molecular weight is 302 g/mol. The number of hydrogen-bond acceptors (Lipinski definition) is 2. The minimum Gasteiger partial charge on any atom is -0.392 e. The topological polar surface area (TPSA) is 38.0 Å². The van der Waals surface area contributed by atoms with E-state index < -0.39 is 17.7 Å². The maximum absolute atomic E-state index is 14.0. The minimum atomic E-state index is -4.59. The Hall–Kier alpha value is -1.89. The highest BCUT2D eigenvalue weighted by molar-refractivity contribution is 5.58. The fraction of sp³-hybridized carbons (Fsp3) is 0.357. The van der Waals surface area contributed by atoms with E-state index in [-0.39, 0.29) is 24.0 Å². The maximum Gasteiger partial charge on any atom is 0.434 e. The second-order valence-corrected chi connectivity index (χ2v) is 4.92. The molecule has 0 bridgehead atoms. The lowest BCUT2D eigenvalue weighted by Crippen LogP contribution is -2.05. The molecule has 0 spiro atoms. The van der Waals surface area contributed by atoms with Gasteiger partial charge in [0.2, 0.25) is 0 Å². The first-order chi connectivity index (χ1) is 9.74. The maximum atomic E-state index is 14.0. The molecule has 0 amide bonds. The molecule has 0 unspecified atom stereocenters. The lowest BCUT2D eigenvalue weighted by Gasteiger charge is -2.12. The molecule has 114 valence electrons. The van der Waals surface area contributed by atoms with Crippen molar-refractivity contribution >= 4 is 0 Å². The molecule has 3 nitrogen and oxygen atoms in total. The Balaban J connectivity index is 2.60. The third-order valence-corrected chi connectivity index (χ3v) is 3.04. The first-order valence-electron chi connectivity index (χ1n) is 6.29. The van der Waals surface area contributed by atoms with E-state index >= 15 is 0 Å². The second kappa shape index (κ2) is 5.48. The summed E-state index contributed by atoms with van der Waals surface area (Å²) in [6.07, 6.45) is -3.71. The van der Waals surface area contributed by atoms with E-state index in [1.54, 1.807) is 13.8 Å². The minimum absolute atomic E-state index is 0.0311. The van der Waals surface area contributed by atoms with Crippen LogP contribution in [0.5, 0.6) is 0 Å². The Morgan fingerprint density at radius 3 is 2.43 bits per heavy atom. The van der Waals surface area contributed by atoms with Crippen LogP contribution >= 0.6 is 0 Å². The predicted molar refractivity (Wildman–Crippen MR) is 68.9 cm³/mol. The van der Waals surface area contributed by atoms with E-state index in [9.17, 15) is 17.6 Å². The van der Waals surface area contributed by atoms with Crippen molar-refractivity contribution in [3.63, 3.8) is 0 Å². The fourth-order valence-electron chi connectivity index (χ4n) is 1.96. The number of alkyl halides is 3. The van der Waals surface area contributed by atoms with Crippen LogP contribution in [0.15, 0.2) is 24.4 Å². The molecule has 0 aliphatic heterocycles. The van der Waals surface area contributed by atoms with Crippen LogP contribution < -0.4 is 0 Å². The van der Waals surface area contributed by atoms with Gasteiger partial charge in [0.1, 0.15) is 11.6 Å². The van der Waals surface area contributed by atoms with Gasteiger partial charge >= 0.3 is 6.18 Å². The number of aliphatic hydroxyl groups is 1. The van der Waals surface area contributed by atoms with Gasteiger partial charge in [-0.2, -0.15) is 13.2 Å². The lowest BCUT2D eigenvalue weighted by atomic mass is 10.1. The van der Waals surface area contributed by atoms with E-state index in [0.29, 0.717) is 5.56 Å². The molecule has 1 aromatic carbocycles. The zero-order chi connectivity index (χ0) is 15.8. The fourth-order valence-corrected chi connectivity index (χ4v) is 1.96. The molecule has 0 aliphatic carbocycles. The van der Waals surface area contributed by atoms with Gasteiger partial charge in [0, 0.05) is 12.2 Å². The van der Waals surface area contributed by atoms with Gasteiger partial charge in [0.05, 0.1) is 12.2 Å². The molecule has 1 N–H and O–H groups in total. The number of hydrogen-bond donors (Lipinski definition) is 1. The largest absolute Gasteiger partial charge is 0.434 e. The van der Waals surface area contributed by atoms with Gasteiger partial charge < -0.3 is 9.67 Å². The summed E-state index contributed by atoms with van der Waals surface area (Å²) >= 11 is 0. The number of aromatic nitrogens is 2. The van der Waals surface area contributed by atoms with Crippen molar-refractivity contribution in [3.8, 4) is 11.4 Å². The van der Waals surface area contributed by atoms with Gasteiger partial charge in [-0.25, -0.2) is 9.37 Å². The van der Waals surface area contributed by atoms with E-state index in [2.05, 4.69) is 4.98 Å². The predicted octanol–water partition coefficient (Wildman–Crippen LogP) is 3.78. The summed E-state index contributed by atoms with van der Waals surface area (Å²) in [6, 6.07) is 3.55. The summed E-state index contributed by atoms with van der Waals surface area (Å²) in [4.78, 5) is 3.52. The molecule has 2 rings (SSSR count). The van der Waals surface area contributed by atoms with Gasteiger partial charge in [0.25, 0.3) is 0 Å². The Morgan fingerprint density at radius 1 is 1.29 bits per heavy atom. The van der Waals surface area contributed by atoms with Crippen molar-refractivity contribution in [1.82, 2.24) is 9.55 Å². The molecule has 0 fully saturated rings. The van der Waals surface area contributed by atoms with Crippen molar-refractivity contribution < 1.29 is 22.7 Å². The lowest BCUT2D eigenvalue weighted by molar-refractivity contribution is -0.140. The molecule has 0 saturated carbocycles. The van der Waals surface area contributed by atoms with Crippen LogP contribution in [-0.4, -0.2) is 14.7 Å². The molecule has 21 heavy (non-hydrogen) atoms. The molecule has 0 radical (unpaired) electrons. The van der Waals surface area contributed by atoms with Crippen molar-refractivity contribution in [2.24, 2.45) is 0 Å². The van der Waals surface area contributed by atoms with Crippen LogP contribution in [0.2, 0.25) is 0 Å². The second-order valence-electron chi connectivity index (χ2n) is 4.92. The van der Waals surface area contributed by atoms with Crippen LogP contribution in [0.4, 0.5) is 17.6 Å². The zero-order valence-electron chi connectivity index (χ0n) is 11.4. The highest BCUT2D eigenvalue weighted by Crippen LogP contribution is 2.33. The van der Waals surface area contributed by atoms with Crippen LogP contribution in [0.3, 0.4) is 0 Å². The SMILES string of the molecule is CC(C)n1cc(C(F)(F)F)nc1-c1ccc(CO)cc1F. The van der Waals surface area contributed by atoms with Crippen LogP contribution in [0.1, 0.15) is 31.1 Å². The van der Waals surface area contributed by atoms with Crippen LogP contribution in [0, 0.1) is 5.82 Å². The first-order valence-corrected chi connectivity index (χ1v) is 6.29. The van der Waals surface area contributed by atoms with Gasteiger partial charge in [-0.1, -0.05) is 6.07 Å². The number of halogens is 4. The Kier molecular flexibility index (Phi) is 4.04.